The number of nitrogens with one attached hydrogen (secondary N) is 1. The summed E-state index contributed by atoms with van der Waals surface area (Å²) in [5, 5.41) is 7.51. The van der Waals surface area contributed by atoms with Gasteiger partial charge in [-0.2, -0.15) is 0 Å². The molecule has 18 heavy (non-hydrogen) atoms. The lowest BCUT2D eigenvalue weighted by Crippen LogP contribution is -2.35. The van der Waals surface area contributed by atoms with Crippen molar-refractivity contribution in [2.45, 2.75) is 25.4 Å². The molecule has 0 radical (unpaired) electrons. The highest BCUT2D eigenvalue weighted by molar-refractivity contribution is 5.97. The average molecular weight is 249 g/mol. The van der Waals surface area contributed by atoms with Gasteiger partial charge >= 0.3 is 0 Å². The van der Waals surface area contributed by atoms with Gasteiger partial charge in [0, 0.05) is 32.6 Å². The molecule has 0 bridgehead atoms. The van der Waals surface area contributed by atoms with Gasteiger partial charge in [0.2, 0.25) is 0 Å². The second-order valence-electron chi connectivity index (χ2n) is 4.51. The zero-order chi connectivity index (χ0) is 13.0. The van der Waals surface area contributed by atoms with E-state index in [4.69, 9.17) is 15.9 Å². The molecule has 98 valence electrons. The largest absolute Gasteiger partial charge is 0.382 e. The Morgan fingerprint density at radius 3 is 2.94 bits per heavy atom. The second-order valence-corrected chi connectivity index (χ2v) is 4.51. The van der Waals surface area contributed by atoms with Crippen LogP contribution in [0.5, 0.6) is 0 Å². The Labute approximate surface area is 107 Å². The molecule has 1 unspecified atom stereocenters. The van der Waals surface area contributed by atoms with Crippen molar-refractivity contribution in [3.05, 3.63) is 18.1 Å². The lowest BCUT2D eigenvalue weighted by atomic mass is 10.1. The van der Waals surface area contributed by atoms with Crippen molar-refractivity contribution in [1.29, 1.82) is 5.41 Å². The van der Waals surface area contributed by atoms with E-state index in [1.54, 1.807) is 12.4 Å². The quantitative estimate of drug-likeness (QED) is 0.607. The molecule has 2 heterocycles. The molecule has 6 nitrogen and oxygen atoms in total. The van der Waals surface area contributed by atoms with Gasteiger partial charge in [0.1, 0.15) is 11.5 Å². The van der Waals surface area contributed by atoms with Crippen LogP contribution in [-0.2, 0) is 4.74 Å². The topological polar surface area (TPSA) is 88.1 Å². The summed E-state index contributed by atoms with van der Waals surface area (Å²) in [6.07, 6.45) is 6.80. The molecule has 1 fully saturated rings. The molecule has 1 aliphatic rings. The molecule has 6 heteroatoms. The summed E-state index contributed by atoms with van der Waals surface area (Å²) in [6, 6.07) is 0. The number of ether oxygens (including phenoxy) is 1. The monoisotopic (exact) mass is 249 g/mol. The number of nitrogens with zero attached hydrogens (tertiary/aromatic N) is 3. The summed E-state index contributed by atoms with van der Waals surface area (Å²) in [6.45, 7) is 1.58. The van der Waals surface area contributed by atoms with Gasteiger partial charge in [0.25, 0.3) is 0 Å². The van der Waals surface area contributed by atoms with Crippen LogP contribution in [0.2, 0.25) is 0 Å². The molecule has 0 saturated carbocycles. The third kappa shape index (κ3) is 2.95. The van der Waals surface area contributed by atoms with Gasteiger partial charge in [-0.15, -0.1) is 0 Å². The molecule has 1 saturated heterocycles. The number of hydrogen-bond acceptors (Lipinski definition) is 5. The molecular formula is C12H19N5O. The van der Waals surface area contributed by atoms with Crippen LogP contribution in [0.4, 0.5) is 5.82 Å². The molecule has 1 aromatic heterocycles. The van der Waals surface area contributed by atoms with Crippen molar-refractivity contribution in [2.75, 3.05) is 25.1 Å². The van der Waals surface area contributed by atoms with E-state index in [0.29, 0.717) is 11.5 Å². The molecular weight excluding hydrogens is 230 g/mol. The van der Waals surface area contributed by atoms with Crippen molar-refractivity contribution in [1.82, 2.24) is 9.97 Å². The van der Waals surface area contributed by atoms with Crippen LogP contribution in [0, 0.1) is 5.41 Å². The highest BCUT2D eigenvalue weighted by Crippen LogP contribution is 2.18. The van der Waals surface area contributed by atoms with E-state index in [1.165, 1.54) is 6.42 Å². The smallest absolute Gasteiger partial charge is 0.158 e. The van der Waals surface area contributed by atoms with Gasteiger partial charge in [-0.25, -0.2) is 9.97 Å². The minimum Gasteiger partial charge on any atom is -0.382 e. The van der Waals surface area contributed by atoms with Gasteiger partial charge in [-0.3, -0.25) is 5.41 Å². The molecule has 2 rings (SSSR count). The zero-order valence-corrected chi connectivity index (χ0v) is 10.6. The fourth-order valence-electron chi connectivity index (χ4n) is 2.14. The summed E-state index contributed by atoms with van der Waals surface area (Å²) < 4.78 is 5.70. The number of amidine groups is 1. The Kier molecular flexibility index (Phi) is 4.09. The minimum atomic E-state index is -0.0606. The van der Waals surface area contributed by atoms with Crippen molar-refractivity contribution in [3.8, 4) is 0 Å². The van der Waals surface area contributed by atoms with Gasteiger partial charge in [0.05, 0.1) is 6.10 Å². The highest BCUT2D eigenvalue weighted by atomic mass is 16.5. The predicted octanol–water partition coefficient (Wildman–Crippen LogP) is 0.766. The van der Waals surface area contributed by atoms with Crippen molar-refractivity contribution in [2.24, 2.45) is 5.73 Å². The lowest BCUT2D eigenvalue weighted by molar-refractivity contribution is 0.0215. The first-order valence-corrected chi connectivity index (χ1v) is 6.16. The normalized spacial score (nSPS) is 19.5. The van der Waals surface area contributed by atoms with Crippen molar-refractivity contribution in [3.63, 3.8) is 0 Å². The summed E-state index contributed by atoms with van der Waals surface area (Å²) in [5.41, 5.74) is 5.94. The lowest BCUT2D eigenvalue weighted by Gasteiger charge is -2.28. The van der Waals surface area contributed by atoms with Crippen LogP contribution in [-0.4, -0.2) is 42.1 Å². The summed E-state index contributed by atoms with van der Waals surface area (Å²) in [4.78, 5) is 10.3. The fourth-order valence-corrected chi connectivity index (χ4v) is 2.14. The first-order chi connectivity index (χ1) is 8.68. The Morgan fingerprint density at radius 2 is 2.28 bits per heavy atom. The molecule has 0 spiro atoms. The standard InChI is InChI=1S/C12H19N5O/c1-17(8-9-4-2-3-7-18-9)12-10(11(13)14)15-5-6-16-12/h5-6,9H,2-4,7-8H2,1H3,(H3,13,14). The number of likely N-dealkylation sites (N-methyl/N-ethyl adjacent to an activating group) is 1. The number of hydrogen-bond donors (Lipinski definition) is 2. The maximum atomic E-state index is 7.51. The maximum Gasteiger partial charge on any atom is 0.158 e. The summed E-state index contributed by atoms with van der Waals surface area (Å²) in [5.74, 6) is 0.577. The molecule has 3 N–H and O–H groups in total. The van der Waals surface area contributed by atoms with Crippen LogP contribution in [0.15, 0.2) is 12.4 Å². The molecule has 1 aliphatic heterocycles. The third-order valence-electron chi connectivity index (χ3n) is 3.05. The van der Waals surface area contributed by atoms with Crippen LogP contribution in [0.3, 0.4) is 0 Å². The van der Waals surface area contributed by atoms with Gasteiger partial charge < -0.3 is 15.4 Å². The van der Waals surface area contributed by atoms with Crippen LogP contribution < -0.4 is 10.6 Å². The average Bonchev–Trinajstić information content (AvgIpc) is 2.40. The number of nitrogens with two attached hydrogens (primary N) is 1. The van der Waals surface area contributed by atoms with E-state index >= 15 is 0 Å². The highest BCUT2D eigenvalue weighted by Gasteiger charge is 2.19. The molecule has 1 atom stereocenters. The van der Waals surface area contributed by atoms with E-state index in [1.807, 2.05) is 11.9 Å². The van der Waals surface area contributed by atoms with Gasteiger partial charge in [0.15, 0.2) is 5.82 Å². The minimum absolute atomic E-state index is 0.0606. The summed E-state index contributed by atoms with van der Waals surface area (Å²) in [7, 11) is 1.93. The number of nitrogen functional groups attached to an aromatic ring is 1. The number of aromatic nitrogens is 2. The van der Waals surface area contributed by atoms with E-state index in [9.17, 15) is 0 Å². The summed E-state index contributed by atoms with van der Waals surface area (Å²) >= 11 is 0. The third-order valence-corrected chi connectivity index (χ3v) is 3.05. The molecule has 0 amide bonds. The first-order valence-electron chi connectivity index (χ1n) is 6.16. The van der Waals surface area contributed by atoms with E-state index in [2.05, 4.69) is 9.97 Å². The van der Waals surface area contributed by atoms with Crippen molar-refractivity contribution >= 4 is 11.7 Å². The Balaban J connectivity index is 2.08. The van der Waals surface area contributed by atoms with Gasteiger partial charge in [-0.05, 0) is 19.3 Å². The van der Waals surface area contributed by atoms with E-state index < -0.39 is 0 Å². The predicted molar refractivity (Wildman–Crippen MR) is 69.9 cm³/mol. The van der Waals surface area contributed by atoms with Crippen molar-refractivity contribution < 1.29 is 4.74 Å². The van der Waals surface area contributed by atoms with Crippen LogP contribution in [0.1, 0.15) is 25.0 Å². The molecule has 1 aromatic rings. The number of rotatable bonds is 4. The Bertz CT molecular complexity index is 417. The molecule has 0 aromatic carbocycles. The Morgan fingerprint density at radius 1 is 1.50 bits per heavy atom. The fraction of sp³-hybridized carbons (Fsp3) is 0.583. The molecule has 0 aliphatic carbocycles. The maximum absolute atomic E-state index is 7.51. The first kappa shape index (κ1) is 12.8. The van der Waals surface area contributed by atoms with Crippen LogP contribution >= 0.6 is 0 Å². The Hall–Kier alpha value is -1.69. The number of anilines is 1. The van der Waals surface area contributed by atoms with Gasteiger partial charge in [-0.1, -0.05) is 0 Å². The van der Waals surface area contributed by atoms with E-state index in [-0.39, 0.29) is 11.9 Å². The zero-order valence-electron chi connectivity index (χ0n) is 10.6. The van der Waals surface area contributed by atoms with Crippen LogP contribution in [0.25, 0.3) is 0 Å². The SMILES string of the molecule is CN(CC1CCCCO1)c1nccnc1C(=N)N. The second kappa shape index (κ2) is 5.77. The van der Waals surface area contributed by atoms with E-state index in [0.717, 1.165) is 26.0 Å².